The summed E-state index contributed by atoms with van der Waals surface area (Å²) in [5.41, 5.74) is 0.525. The van der Waals surface area contributed by atoms with Gasteiger partial charge in [-0.1, -0.05) is 0 Å². The molecule has 0 radical (unpaired) electrons. The van der Waals surface area contributed by atoms with E-state index in [0.717, 1.165) is 4.90 Å². The van der Waals surface area contributed by atoms with Gasteiger partial charge in [0.25, 0.3) is 11.6 Å². The van der Waals surface area contributed by atoms with Crippen molar-refractivity contribution in [3.8, 4) is 17.1 Å². The average Bonchev–Trinajstić information content (AvgIpc) is 3.15. The van der Waals surface area contributed by atoms with Crippen molar-refractivity contribution in [3.05, 3.63) is 51.9 Å². The minimum atomic E-state index is -0.519. The Morgan fingerprint density at radius 2 is 2.04 bits per heavy atom. The lowest BCUT2D eigenvalue weighted by atomic mass is 10.1. The van der Waals surface area contributed by atoms with Crippen molar-refractivity contribution in [3.63, 3.8) is 0 Å². The monoisotopic (exact) mass is 343 g/mol. The largest absolute Gasteiger partial charge is 0.496 e. The Bertz CT molecular complexity index is 914. The molecule has 1 saturated heterocycles. The fourth-order valence-corrected chi connectivity index (χ4v) is 2.34. The van der Waals surface area contributed by atoms with Crippen molar-refractivity contribution < 1.29 is 23.7 Å². The van der Waals surface area contributed by atoms with Crippen molar-refractivity contribution in [2.24, 2.45) is 0 Å². The number of carbonyl (C=O) groups excluding carboxylic acids is 2. The van der Waals surface area contributed by atoms with Crippen LogP contribution >= 0.6 is 0 Å². The molecule has 2 aromatic rings. The zero-order valence-electron chi connectivity index (χ0n) is 13.3. The highest BCUT2D eigenvalue weighted by molar-refractivity contribution is 6.13. The molecule has 1 fully saturated rings. The maximum absolute atomic E-state index is 11.8. The summed E-state index contributed by atoms with van der Waals surface area (Å²) >= 11 is 0. The summed E-state index contributed by atoms with van der Waals surface area (Å²) in [6.45, 7) is 0. The summed E-state index contributed by atoms with van der Waals surface area (Å²) in [6.07, 6.45) is 1.41. The number of hydrogen-bond acceptors (Lipinski definition) is 6. The number of rotatable bonds is 4. The normalized spacial score (nSPS) is 15.6. The highest BCUT2D eigenvalue weighted by atomic mass is 16.6. The van der Waals surface area contributed by atoms with Crippen molar-refractivity contribution in [2.45, 2.75) is 0 Å². The van der Waals surface area contributed by atoms with Crippen molar-refractivity contribution in [2.75, 3.05) is 14.2 Å². The molecule has 0 atom stereocenters. The van der Waals surface area contributed by atoms with Crippen LogP contribution in [0.1, 0.15) is 5.76 Å². The van der Waals surface area contributed by atoms with E-state index in [4.69, 9.17) is 9.15 Å². The van der Waals surface area contributed by atoms with Gasteiger partial charge in [-0.3, -0.25) is 19.8 Å². The van der Waals surface area contributed by atoms with Crippen LogP contribution in [0.2, 0.25) is 0 Å². The van der Waals surface area contributed by atoms with E-state index in [1.807, 2.05) is 0 Å². The number of non-ortho nitro benzene ring substituents is 1. The van der Waals surface area contributed by atoms with E-state index >= 15 is 0 Å². The topological polar surface area (TPSA) is 115 Å². The van der Waals surface area contributed by atoms with Gasteiger partial charge in [-0.05, 0) is 18.2 Å². The van der Waals surface area contributed by atoms with E-state index in [0.29, 0.717) is 17.1 Å². The SMILES string of the molecule is COc1cc([N+](=O)[O-])ccc1-c1ccc(/C=C2/NC(=O)N(C)C2=O)o1. The van der Waals surface area contributed by atoms with E-state index in [9.17, 15) is 19.7 Å². The zero-order chi connectivity index (χ0) is 18.1. The minimum Gasteiger partial charge on any atom is -0.496 e. The van der Waals surface area contributed by atoms with Gasteiger partial charge < -0.3 is 14.5 Å². The van der Waals surface area contributed by atoms with Crippen LogP contribution in [0.15, 0.2) is 40.4 Å². The number of nitro benzene ring substituents is 1. The Kier molecular flexibility index (Phi) is 3.97. The second kappa shape index (κ2) is 6.11. The number of amides is 3. The Labute approximate surface area is 141 Å². The second-order valence-electron chi connectivity index (χ2n) is 5.20. The predicted molar refractivity (Wildman–Crippen MR) is 86.6 cm³/mol. The van der Waals surface area contributed by atoms with E-state index in [1.165, 1.54) is 38.4 Å². The second-order valence-corrected chi connectivity index (χ2v) is 5.20. The molecule has 3 rings (SSSR count). The van der Waals surface area contributed by atoms with Crippen molar-refractivity contribution in [1.82, 2.24) is 10.2 Å². The van der Waals surface area contributed by atoms with Gasteiger partial charge in [0.05, 0.1) is 23.7 Å². The molecule has 3 amide bonds. The number of imide groups is 1. The molecule has 0 bridgehead atoms. The third kappa shape index (κ3) is 2.94. The summed E-state index contributed by atoms with van der Waals surface area (Å²) in [7, 11) is 2.77. The van der Waals surface area contributed by atoms with Crippen LogP contribution in [0.4, 0.5) is 10.5 Å². The Morgan fingerprint density at radius 3 is 2.64 bits per heavy atom. The Hall–Kier alpha value is -3.62. The van der Waals surface area contributed by atoms with Gasteiger partial charge in [-0.2, -0.15) is 0 Å². The van der Waals surface area contributed by atoms with Crippen LogP contribution in [0.5, 0.6) is 5.75 Å². The lowest BCUT2D eigenvalue weighted by Crippen LogP contribution is -2.25. The van der Waals surface area contributed by atoms with Gasteiger partial charge in [0.15, 0.2) is 0 Å². The maximum atomic E-state index is 11.8. The fourth-order valence-electron chi connectivity index (χ4n) is 2.34. The number of nitro groups is 1. The first-order valence-corrected chi connectivity index (χ1v) is 7.14. The molecule has 9 heteroatoms. The van der Waals surface area contributed by atoms with Gasteiger partial charge in [0, 0.05) is 19.2 Å². The van der Waals surface area contributed by atoms with Gasteiger partial charge in [0.1, 0.15) is 23.0 Å². The zero-order valence-corrected chi connectivity index (χ0v) is 13.3. The predicted octanol–water partition coefficient (Wildman–Crippen LogP) is 2.39. The van der Waals surface area contributed by atoms with E-state index in [1.54, 1.807) is 12.1 Å². The standard InChI is InChI=1S/C16H13N3O6/c1-18-15(20)12(17-16(18)21)8-10-4-6-13(25-10)11-5-3-9(19(22)23)7-14(11)24-2/h3-8H,1-2H3,(H,17,21)/b12-8+. The van der Waals surface area contributed by atoms with Crippen molar-refractivity contribution in [1.29, 1.82) is 0 Å². The molecule has 1 aliphatic heterocycles. The molecule has 128 valence electrons. The lowest BCUT2D eigenvalue weighted by Gasteiger charge is -2.05. The summed E-state index contributed by atoms with van der Waals surface area (Å²) in [5, 5.41) is 13.3. The maximum Gasteiger partial charge on any atom is 0.328 e. The number of urea groups is 1. The average molecular weight is 343 g/mol. The van der Waals surface area contributed by atoms with Gasteiger partial charge in [-0.15, -0.1) is 0 Å². The van der Waals surface area contributed by atoms with Crippen LogP contribution in [0, 0.1) is 10.1 Å². The first kappa shape index (κ1) is 16.2. The van der Waals surface area contributed by atoms with Gasteiger partial charge >= 0.3 is 6.03 Å². The number of nitrogens with zero attached hydrogens (tertiary/aromatic N) is 2. The van der Waals surface area contributed by atoms with Gasteiger partial charge in [-0.25, -0.2) is 4.79 Å². The molecule has 1 aliphatic rings. The highest BCUT2D eigenvalue weighted by Crippen LogP contribution is 2.34. The lowest BCUT2D eigenvalue weighted by molar-refractivity contribution is -0.384. The molecule has 2 heterocycles. The smallest absolute Gasteiger partial charge is 0.328 e. The summed E-state index contributed by atoms with van der Waals surface area (Å²) < 4.78 is 10.8. The number of benzene rings is 1. The number of nitrogens with one attached hydrogen (secondary N) is 1. The third-order valence-electron chi connectivity index (χ3n) is 3.66. The van der Waals surface area contributed by atoms with Crippen LogP contribution < -0.4 is 10.1 Å². The summed E-state index contributed by atoms with van der Waals surface area (Å²) in [4.78, 5) is 34.6. The van der Waals surface area contributed by atoms with Crippen LogP contribution in [-0.2, 0) is 4.79 Å². The Morgan fingerprint density at radius 1 is 1.28 bits per heavy atom. The molecule has 1 N–H and O–H groups in total. The number of hydrogen-bond donors (Lipinski definition) is 1. The number of ether oxygens (including phenoxy) is 1. The Balaban J connectivity index is 1.93. The van der Waals surface area contributed by atoms with Crippen LogP contribution in [-0.4, -0.2) is 35.9 Å². The van der Waals surface area contributed by atoms with Crippen molar-refractivity contribution >= 4 is 23.7 Å². The quantitative estimate of drug-likeness (QED) is 0.394. The minimum absolute atomic E-state index is 0.100. The molecule has 0 spiro atoms. The molecule has 0 aliphatic carbocycles. The molecule has 25 heavy (non-hydrogen) atoms. The third-order valence-corrected chi connectivity index (χ3v) is 3.66. The van der Waals surface area contributed by atoms with Crippen LogP contribution in [0.3, 0.4) is 0 Å². The molecule has 1 aromatic heterocycles. The highest BCUT2D eigenvalue weighted by Gasteiger charge is 2.30. The summed E-state index contributed by atoms with van der Waals surface area (Å²) in [5.74, 6) is 0.571. The molecule has 9 nitrogen and oxygen atoms in total. The number of methoxy groups -OCH3 is 1. The molecular formula is C16H13N3O6. The summed E-state index contributed by atoms with van der Waals surface area (Å²) in [6, 6.07) is 6.89. The molecular weight excluding hydrogens is 330 g/mol. The molecule has 0 saturated carbocycles. The van der Waals surface area contributed by atoms with E-state index < -0.39 is 16.9 Å². The number of furan rings is 1. The van der Waals surface area contributed by atoms with E-state index in [2.05, 4.69) is 5.32 Å². The van der Waals surface area contributed by atoms with E-state index in [-0.39, 0.29) is 17.1 Å². The molecule has 1 aromatic carbocycles. The number of carbonyl (C=O) groups is 2. The fraction of sp³-hybridized carbons (Fsp3) is 0.125. The molecule has 0 unspecified atom stereocenters. The van der Waals surface area contributed by atoms with Crippen LogP contribution in [0.25, 0.3) is 17.4 Å². The first-order valence-electron chi connectivity index (χ1n) is 7.14. The number of likely N-dealkylation sites (N-methyl/N-ethyl adjacent to an activating group) is 1. The van der Waals surface area contributed by atoms with Gasteiger partial charge in [0.2, 0.25) is 0 Å². The first-order chi connectivity index (χ1) is 11.9.